The third-order valence-electron chi connectivity index (χ3n) is 3.38. The molecule has 0 aliphatic heterocycles. The molecule has 2 rings (SSSR count). The second-order valence-electron chi connectivity index (χ2n) is 4.71. The van der Waals surface area contributed by atoms with Crippen LogP contribution in [-0.2, 0) is 12.6 Å². The van der Waals surface area contributed by atoms with Crippen LogP contribution in [0, 0.1) is 6.92 Å². The molecule has 1 aromatic heterocycles. The quantitative estimate of drug-likeness (QED) is 0.874. The summed E-state index contributed by atoms with van der Waals surface area (Å²) in [5.74, 6) is 0. The SMILES string of the molecule is CCc1ccsc1C(N)c1ccc(C(F)(F)F)cc1C. The number of thiophene rings is 1. The third kappa shape index (κ3) is 2.88. The van der Waals surface area contributed by atoms with Crippen LogP contribution in [0.3, 0.4) is 0 Å². The molecule has 1 heterocycles. The molecule has 0 spiro atoms. The van der Waals surface area contributed by atoms with Crippen LogP contribution in [0.1, 0.15) is 40.1 Å². The maximum Gasteiger partial charge on any atom is 0.416 e. The van der Waals surface area contributed by atoms with Crippen LogP contribution < -0.4 is 5.73 Å². The van der Waals surface area contributed by atoms with Gasteiger partial charge in [-0.05, 0) is 53.6 Å². The second-order valence-corrected chi connectivity index (χ2v) is 5.66. The highest BCUT2D eigenvalue weighted by Gasteiger charge is 2.31. The Hall–Kier alpha value is -1.33. The maximum atomic E-state index is 12.7. The van der Waals surface area contributed by atoms with Crippen molar-refractivity contribution in [1.82, 2.24) is 0 Å². The van der Waals surface area contributed by atoms with Crippen molar-refractivity contribution in [3.05, 3.63) is 56.8 Å². The second kappa shape index (κ2) is 5.58. The van der Waals surface area contributed by atoms with Crippen LogP contribution in [-0.4, -0.2) is 0 Å². The maximum absolute atomic E-state index is 12.7. The minimum absolute atomic E-state index is 0.368. The van der Waals surface area contributed by atoms with Gasteiger partial charge in [0.1, 0.15) is 0 Å². The molecule has 0 saturated heterocycles. The summed E-state index contributed by atoms with van der Waals surface area (Å²) in [7, 11) is 0. The van der Waals surface area contributed by atoms with Crippen molar-refractivity contribution in [3.63, 3.8) is 0 Å². The fraction of sp³-hybridized carbons (Fsp3) is 0.333. The summed E-state index contributed by atoms with van der Waals surface area (Å²) in [6, 6.07) is 5.39. The smallest absolute Gasteiger partial charge is 0.320 e. The van der Waals surface area contributed by atoms with Gasteiger partial charge < -0.3 is 5.73 Å². The van der Waals surface area contributed by atoms with E-state index in [4.69, 9.17) is 5.73 Å². The lowest BCUT2D eigenvalue weighted by Gasteiger charge is -2.17. The third-order valence-corrected chi connectivity index (χ3v) is 4.42. The fourth-order valence-corrected chi connectivity index (χ4v) is 3.27. The lowest BCUT2D eigenvalue weighted by atomic mass is 9.96. The van der Waals surface area contributed by atoms with Gasteiger partial charge in [-0.1, -0.05) is 13.0 Å². The summed E-state index contributed by atoms with van der Waals surface area (Å²) in [5.41, 5.74) is 8.07. The number of halogens is 3. The van der Waals surface area contributed by atoms with Gasteiger partial charge in [0, 0.05) is 4.88 Å². The zero-order valence-electron chi connectivity index (χ0n) is 11.3. The number of hydrogen-bond acceptors (Lipinski definition) is 2. The van der Waals surface area contributed by atoms with E-state index >= 15 is 0 Å². The van der Waals surface area contributed by atoms with E-state index in [9.17, 15) is 13.2 Å². The van der Waals surface area contributed by atoms with Crippen molar-refractivity contribution >= 4 is 11.3 Å². The molecule has 20 heavy (non-hydrogen) atoms. The topological polar surface area (TPSA) is 26.0 Å². The van der Waals surface area contributed by atoms with Crippen molar-refractivity contribution in [3.8, 4) is 0 Å². The Bertz CT molecular complexity index is 601. The van der Waals surface area contributed by atoms with Gasteiger partial charge in [0.05, 0.1) is 11.6 Å². The van der Waals surface area contributed by atoms with E-state index in [0.29, 0.717) is 5.56 Å². The van der Waals surface area contributed by atoms with Gasteiger partial charge in [0.15, 0.2) is 0 Å². The average Bonchev–Trinajstić information content (AvgIpc) is 2.85. The van der Waals surface area contributed by atoms with Crippen LogP contribution in [0.15, 0.2) is 29.6 Å². The van der Waals surface area contributed by atoms with Gasteiger partial charge >= 0.3 is 6.18 Å². The lowest BCUT2D eigenvalue weighted by molar-refractivity contribution is -0.137. The van der Waals surface area contributed by atoms with E-state index in [1.807, 2.05) is 18.4 Å². The molecule has 1 aromatic carbocycles. The Morgan fingerprint density at radius 2 is 1.95 bits per heavy atom. The highest BCUT2D eigenvalue weighted by molar-refractivity contribution is 7.10. The largest absolute Gasteiger partial charge is 0.416 e. The van der Waals surface area contributed by atoms with E-state index in [0.717, 1.165) is 34.6 Å². The van der Waals surface area contributed by atoms with Crippen LogP contribution >= 0.6 is 11.3 Å². The van der Waals surface area contributed by atoms with Gasteiger partial charge in [-0.3, -0.25) is 0 Å². The number of benzene rings is 1. The Morgan fingerprint density at radius 3 is 2.50 bits per heavy atom. The number of alkyl halides is 3. The summed E-state index contributed by atoms with van der Waals surface area (Å²) in [5, 5.41) is 1.97. The lowest BCUT2D eigenvalue weighted by Crippen LogP contribution is -2.14. The highest BCUT2D eigenvalue weighted by atomic mass is 32.1. The number of hydrogen-bond donors (Lipinski definition) is 1. The Morgan fingerprint density at radius 1 is 1.25 bits per heavy atom. The van der Waals surface area contributed by atoms with Gasteiger partial charge in [-0.15, -0.1) is 11.3 Å². The van der Waals surface area contributed by atoms with Crippen LogP contribution in [0.4, 0.5) is 13.2 Å². The van der Waals surface area contributed by atoms with E-state index in [-0.39, 0.29) is 6.04 Å². The minimum atomic E-state index is -4.31. The molecule has 1 nitrogen and oxygen atoms in total. The number of aryl methyl sites for hydroxylation is 2. The van der Waals surface area contributed by atoms with E-state index in [1.165, 1.54) is 6.07 Å². The molecule has 0 saturated carbocycles. The summed E-state index contributed by atoms with van der Waals surface area (Å²) < 4.78 is 38.0. The number of rotatable bonds is 3. The van der Waals surface area contributed by atoms with E-state index < -0.39 is 11.7 Å². The van der Waals surface area contributed by atoms with Crippen molar-refractivity contribution in [2.45, 2.75) is 32.5 Å². The minimum Gasteiger partial charge on any atom is -0.320 e. The molecule has 2 aromatic rings. The number of nitrogens with two attached hydrogens (primary N) is 1. The van der Waals surface area contributed by atoms with Crippen LogP contribution in [0.25, 0.3) is 0 Å². The first-order valence-corrected chi connectivity index (χ1v) is 7.22. The predicted octanol–water partition coefficient (Wildman–Crippen LogP) is 4.69. The van der Waals surface area contributed by atoms with Crippen molar-refractivity contribution < 1.29 is 13.2 Å². The molecular formula is C15H16F3NS. The molecule has 108 valence electrons. The van der Waals surface area contributed by atoms with E-state index in [2.05, 4.69) is 0 Å². The Labute approximate surface area is 120 Å². The van der Waals surface area contributed by atoms with Crippen molar-refractivity contribution in [2.24, 2.45) is 5.73 Å². The first-order valence-electron chi connectivity index (χ1n) is 6.34. The monoisotopic (exact) mass is 299 g/mol. The summed E-state index contributed by atoms with van der Waals surface area (Å²) in [4.78, 5) is 1.02. The first kappa shape index (κ1) is 15.1. The molecule has 0 radical (unpaired) electrons. The zero-order valence-corrected chi connectivity index (χ0v) is 12.1. The molecule has 0 fully saturated rings. The highest BCUT2D eigenvalue weighted by Crippen LogP contribution is 2.34. The normalized spacial score (nSPS) is 13.5. The van der Waals surface area contributed by atoms with Crippen LogP contribution in [0.2, 0.25) is 0 Å². The Kier molecular flexibility index (Phi) is 4.20. The molecule has 0 aliphatic carbocycles. The first-order chi connectivity index (χ1) is 9.34. The van der Waals surface area contributed by atoms with Gasteiger partial charge in [0.2, 0.25) is 0 Å². The summed E-state index contributed by atoms with van der Waals surface area (Å²) >= 11 is 1.55. The average molecular weight is 299 g/mol. The molecule has 0 amide bonds. The van der Waals surface area contributed by atoms with Gasteiger partial charge in [0.25, 0.3) is 0 Å². The predicted molar refractivity (Wildman–Crippen MR) is 75.9 cm³/mol. The summed E-state index contributed by atoms with van der Waals surface area (Å²) in [6.45, 7) is 3.71. The zero-order chi connectivity index (χ0) is 14.9. The molecule has 0 aliphatic rings. The molecule has 5 heteroatoms. The van der Waals surface area contributed by atoms with E-state index in [1.54, 1.807) is 18.3 Å². The molecular weight excluding hydrogens is 283 g/mol. The standard InChI is InChI=1S/C15H16F3NS/c1-3-10-6-7-20-14(10)13(19)12-5-4-11(8-9(12)2)15(16,17)18/h4-8,13H,3,19H2,1-2H3. The van der Waals surface area contributed by atoms with Crippen LogP contribution in [0.5, 0.6) is 0 Å². The molecule has 1 atom stereocenters. The van der Waals surface area contributed by atoms with Crippen molar-refractivity contribution in [2.75, 3.05) is 0 Å². The van der Waals surface area contributed by atoms with Gasteiger partial charge in [-0.2, -0.15) is 13.2 Å². The van der Waals surface area contributed by atoms with Crippen molar-refractivity contribution in [1.29, 1.82) is 0 Å². The summed E-state index contributed by atoms with van der Waals surface area (Å²) in [6.07, 6.45) is -3.45. The fourth-order valence-electron chi connectivity index (χ4n) is 2.25. The molecule has 1 unspecified atom stereocenters. The molecule has 2 N–H and O–H groups in total. The molecule has 0 bridgehead atoms. The van der Waals surface area contributed by atoms with Gasteiger partial charge in [-0.25, -0.2) is 0 Å². The Balaban J connectivity index is 2.39.